The molecule has 14 heavy (non-hydrogen) atoms. The molecule has 0 fully saturated rings. The second-order valence-electron chi connectivity index (χ2n) is 3.31. The molecule has 0 saturated heterocycles. The Bertz CT molecular complexity index is 374. The highest BCUT2D eigenvalue weighted by Gasteiger charge is 2.04. The van der Waals surface area contributed by atoms with E-state index in [-0.39, 0.29) is 11.6 Å². The van der Waals surface area contributed by atoms with Gasteiger partial charge in [-0.15, -0.1) is 0 Å². The molecule has 0 saturated carbocycles. The number of hydrogen-bond acceptors (Lipinski definition) is 1. The number of carbonyl (C=O) groups excluding carboxylic acids is 1. The summed E-state index contributed by atoms with van der Waals surface area (Å²) in [6, 6.07) is 6.15. The third-order valence-electron chi connectivity index (χ3n) is 2.37. The van der Waals surface area contributed by atoms with Gasteiger partial charge < -0.3 is 0 Å². The Morgan fingerprint density at radius 1 is 1.07 bits per heavy atom. The Kier molecular flexibility index (Phi) is 3.18. The summed E-state index contributed by atoms with van der Waals surface area (Å²) in [5.74, 6) is -0.214. The number of carbonyl (C=O) groups is 1. The number of hydrogen-bond donors (Lipinski definition) is 0. The summed E-state index contributed by atoms with van der Waals surface area (Å²) in [6.45, 7) is 5.17. The second kappa shape index (κ2) is 4.18. The van der Waals surface area contributed by atoms with Crippen LogP contribution in [-0.2, 0) is 4.79 Å². The number of rotatable bonds is 2. The van der Waals surface area contributed by atoms with Gasteiger partial charge in [0.1, 0.15) is 5.82 Å². The molecule has 1 rings (SSSR count). The van der Waals surface area contributed by atoms with Crippen LogP contribution in [0.2, 0.25) is 0 Å². The highest BCUT2D eigenvalue weighted by atomic mass is 19.1. The van der Waals surface area contributed by atoms with Crippen LogP contribution in [0.15, 0.2) is 29.8 Å². The Morgan fingerprint density at radius 3 is 2.00 bits per heavy atom. The van der Waals surface area contributed by atoms with Crippen LogP contribution in [0.4, 0.5) is 4.39 Å². The van der Waals surface area contributed by atoms with Crippen LogP contribution < -0.4 is 0 Å². The van der Waals surface area contributed by atoms with Crippen molar-refractivity contribution in [2.45, 2.75) is 20.8 Å². The molecule has 74 valence electrons. The fraction of sp³-hybridized carbons (Fsp3) is 0.250. The molecule has 0 atom stereocenters. The third kappa shape index (κ3) is 2.28. The first-order valence-corrected chi connectivity index (χ1v) is 4.46. The Balaban J connectivity index is 3.12. The molecule has 0 amide bonds. The molecule has 1 nitrogen and oxygen atoms in total. The van der Waals surface area contributed by atoms with Gasteiger partial charge in [-0.25, -0.2) is 4.39 Å². The average molecular weight is 192 g/mol. The molecule has 0 unspecified atom stereocenters. The van der Waals surface area contributed by atoms with Crippen LogP contribution in [0.25, 0.3) is 5.57 Å². The van der Waals surface area contributed by atoms with Crippen molar-refractivity contribution >= 4 is 11.4 Å². The molecule has 0 bridgehead atoms. The standard InChI is InChI=1S/C12H13FO/c1-8(10(3)14)9(2)11-4-6-12(13)7-5-11/h4-7H,1-3H3/b9-8-. The zero-order chi connectivity index (χ0) is 10.7. The molecule has 0 aliphatic heterocycles. The van der Waals surface area contributed by atoms with Gasteiger partial charge in [0.15, 0.2) is 5.78 Å². The molecule has 0 heterocycles. The number of allylic oxidation sites excluding steroid dienone is 2. The molecule has 2 heteroatoms. The second-order valence-corrected chi connectivity index (χ2v) is 3.31. The zero-order valence-corrected chi connectivity index (χ0v) is 8.60. The van der Waals surface area contributed by atoms with E-state index in [9.17, 15) is 9.18 Å². The van der Waals surface area contributed by atoms with Crippen LogP contribution in [0.5, 0.6) is 0 Å². The van der Waals surface area contributed by atoms with E-state index in [2.05, 4.69) is 0 Å². The largest absolute Gasteiger partial charge is 0.295 e. The number of ketones is 1. The van der Waals surface area contributed by atoms with Crippen molar-refractivity contribution in [1.82, 2.24) is 0 Å². The topological polar surface area (TPSA) is 17.1 Å². The minimum absolute atomic E-state index is 0.0480. The van der Waals surface area contributed by atoms with Gasteiger partial charge in [-0.1, -0.05) is 12.1 Å². The van der Waals surface area contributed by atoms with Gasteiger partial charge in [-0.2, -0.15) is 0 Å². The summed E-state index contributed by atoms with van der Waals surface area (Å²) in [6.07, 6.45) is 0. The summed E-state index contributed by atoms with van der Waals surface area (Å²) in [7, 11) is 0. The van der Waals surface area contributed by atoms with E-state index in [4.69, 9.17) is 0 Å². The number of benzene rings is 1. The predicted octanol–water partition coefficient (Wildman–Crippen LogP) is 3.21. The SMILES string of the molecule is CC(=O)/C(C)=C(/C)c1ccc(F)cc1. The normalized spacial score (nSPS) is 12.3. The van der Waals surface area contributed by atoms with E-state index < -0.39 is 0 Å². The van der Waals surface area contributed by atoms with Crippen LogP contribution in [0.3, 0.4) is 0 Å². The van der Waals surface area contributed by atoms with Crippen molar-refractivity contribution < 1.29 is 9.18 Å². The molecule has 0 aliphatic rings. The molecular weight excluding hydrogens is 179 g/mol. The monoisotopic (exact) mass is 192 g/mol. The Labute approximate surface area is 83.3 Å². The first-order chi connectivity index (χ1) is 6.52. The van der Waals surface area contributed by atoms with Gasteiger partial charge in [-0.05, 0) is 49.6 Å². The van der Waals surface area contributed by atoms with Crippen molar-refractivity contribution in [3.05, 3.63) is 41.2 Å². The average Bonchev–Trinajstić information content (AvgIpc) is 2.16. The quantitative estimate of drug-likeness (QED) is 0.657. The lowest BCUT2D eigenvalue weighted by Gasteiger charge is -2.04. The summed E-state index contributed by atoms with van der Waals surface area (Å²) in [4.78, 5) is 11.1. The van der Waals surface area contributed by atoms with Crippen LogP contribution in [0.1, 0.15) is 26.3 Å². The summed E-state index contributed by atoms with van der Waals surface area (Å²) < 4.78 is 12.6. The van der Waals surface area contributed by atoms with Gasteiger partial charge >= 0.3 is 0 Å². The molecule has 0 spiro atoms. The number of halogens is 1. The van der Waals surface area contributed by atoms with Gasteiger partial charge in [0, 0.05) is 0 Å². The highest BCUT2D eigenvalue weighted by Crippen LogP contribution is 2.18. The van der Waals surface area contributed by atoms with Crippen LogP contribution in [-0.4, -0.2) is 5.78 Å². The first kappa shape index (κ1) is 10.6. The van der Waals surface area contributed by atoms with E-state index in [1.807, 2.05) is 6.92 Å². The lowest BCUT2D eigenvalue weighted by atomic mass is 10.0. The molecule has 1 aromatic rings. The smallest absolute Gasteiger partial charge is 0.155 e. The van der Waals surface area contributed by atoms with Crippen molar-refractivity contribution in [3.8, 4) is 0 Å². The van der Waals surface area contributed by atoms with E-state index in [1.54, 1.807) is 19.1 Å². The highest BCUT2D eigenvalue weighted by molar-refractivity contribution is 6.00. The molecule has 0 radical (unpaired) electrons. The lowest BCUT2D eigenvalue weighted by Crippen LogP contribution is -1.95. The lowest BCUT2D eigenvalue weighted by molar-refractivity contribution is -0.113. The first-order valence-electron chi connectivity index (χ1n) is 4.46. The summed E-state index contributed by atoms with van der Waals surface area (Å²) >= 11 is 0. The fourth-order valence-corrected chi connectivity index (χ4v) is 1.18. The van der Waals surface area contributed by atoms with Crippen molar-refractivity contribution in [2.75, 3.05) is 0 Å². The predicted molar refractivity (Wildman–Crippen MR) is 55.3 cm³/mol. The van der Waals surface area contributed by atoms with Gasteiger partial charge in [-0.3, -0.25) is 4.79 Å². The fourth-order valence-electron chi connectivity index (χ4n) is 1.18. The van der Waals surface area contributed by atoms with Crippen molar-refractivity contribution in [2.24, 2.45) is 0 Å². The Hall–Kier alpha value is -1.44. The van der Waals surface area contributed by atoms with Gasteiger partial charge in [0.2, 0.25) is 0 Å². The maximum atomic E-state index is 12.6. The Morgan fingerprint density at radius 2 is 1.57 bits per heavy atom. The van der Waals surface area contributed by atoms with E-state index in [0.717, 1.165) is 16.7 Å². The van der Waals surface area contributed by atoms with E-state index in [1.165, 1.54) is 19.1 Å². The summed E-state index contributed by atoms with van der Waals surface area (Å²) in [5, 5.41) is 0. The van der Waals surface area contributed by atoms with Gasteiger partial charge in [0.25, 0.3) is 0 Å². The molecule has 0 aromatic heterocycles. The van der Waals surface area contributed by atoms with E-state index in [0.29, 0.717) is 0 Å². The maximum absolute atomic E-state index is 12.6. The minimum atomic E-state index is -0.262. The molecular formula is C12H13FO. The molecule has 1 aromatic carbocycles. The van der Waals surface area contributed by atoms with Crippen molar-refractivity contribution in [3.63, 3.8) is 0 Å². The van der Waals surface area contributed by atoms with Gasteiger partial charge in [0.05, 0.1) is 0 Å². The summed E-state index contributed by atoms with van der Waals surface area (Å²) in [5.41, 5.74) is 2.51. The molecule has 0 aliphatic carbocycles. The van der Waals surface area contributed by atoms with Crippen LogP contribution in [0, 0.1) is 5.82 Å². The minimum Gasteiger partial charge on any atom is -0.295 e. The van der Waals surface area contributed by atoms with E-state index >= 15 is 0 Å². The third-order valence-corrected chi connectivity index (χ3v) is 2.37. The zero-order valence-electron chi connectivity index (χ0n) is 8.60. The number of Topliss-reactive ketones (excluding diaryl/α,β-unsaturated/α-hetero) is 1. The molecule has 0 N–H and O–H groups in total. The van der Waals surface area contributed by atoms with Crippen molar-refractivity contribution in [1.29, 1.82) is 0 Å². The maximum Gasteiger partial charge on any atom is 0.155 e. The van der Waals surface area contributed by atoms with Crippen LogP contribution >= 0.6 is 0 Å².